The summed E-state index contributed by atoms with van der Waals surface area (Å²) in [6.45, 7) is 3.08. The number of imide groups is 1. The van der Waals surface area contributed by atoms with Crippen molar-refractivity contribution in [3.05, 3.63) is 65.2 Å². The number of aryl methyl sites for hydroxylation is 1. The molecule has 0 bridgehead atoms. The predicted octanol–water partition coefficient (Wildman–Crippen LogP) is 2.79. The maximum absolute atomic E-state index is 13.6. The van der Waals surface area contributed by atoms with Crippen molar-refractivity contribution in [2.24, 2.45) is 0 Å². The Morgan fingerprint density at radius 2 is 1.91 bits per heavy atom. The molecule has 1 atom stereocenters. The van der Waals surface area contributed by atoms with E-state index in [4.69, 9.17) is 9.47 Å². The van der Waals surface area contributed by atoms with Gasteiger partial charge in [-0.05, 0) is 48.6 Å². The number of likely N-dealkylation sites (tertiary alicyclic amines) is 1. The minimum atomic E-state index is -1.18. The molecule has 1 aliphatic rings. The number of methoxy groups -OCH3 is 2. The van der Waals surface area contributed by atoms with Crippen molar-refractivity contribution in [2.45, 2.75) is 38.0 Å². The van der Waals surface area contributed by atoms with Crippen molar-refractivity contribution in [3.63, 3.8) is 0 Å². The molecule has 33 heavy (non-hydrogen) atoms. The van der Waals surface area contributed by atoms with Crippen LogP contribution in [0, 0.1) is 6.92 Å². The molecule has 3 amide bonds. The first-order valence-corrected chi connectivity index (χ1v) is 11.2. The highest BCUT2D eigenvalue weighted by Gasteiger charge is 2.53. The first-order valence-electron chi connectivity index (χ1n) is 11.2. The lowest BCUT2D eigenvalue weighted by Crippen LogP contribution is -2.43. The average Bonchev–Trinajstić information content (AvgIpc) is 3.04. The fraction of sp³-hybridized carbons (Fsp3) is 0.423. The van der Waals surface area contributed by atoms with Gasteiger partial charge in [0.25, 0.3) is 0 Å². The fourth-order valence-electron chi connectivity index (χ4n) is 4.46. The van der Waals surface area contributed by atoms with Gasteiger partial charge in [-0.15, -0.1) is 0 Å². The Balaban J connectivity index is 1.75. The Bertz CT molecular complexity index is 1010. The average molecular weight is 453 g/mol. The number of hydrogen-bond acceptors (Lipinski definition) is 5. The number of benzene rings is 2. The standard InChI is InChI=1S/C26H32N2O5/c1-19-8-4-5-11-22(19)26(18-24(30)28(25(26)31)14-7-15-32-2)17-23(29)27-13-12-20-9-6-10-21(16-20)33-3/h4-6,8-11,16H,7,12-15,17-18H2,1-3H3,(H,27,29)/t26-/m1/s1. The smallest absolute Gasteiger partial charge is 0.240 e. The number of carbonyl (C=O) groups is 3. The minimum absolute atomic E-state index is 0.00697. The van der Waals surface area contributed by atoms with Gasteiger partial charge < -0.3 is 14.8 Å². The molecule has 1 N–H and O–H groups in total. The molecule has 7 nitrogen and oxygen atoms in total. The van der Waals surface area contributed by atoms with Gasteiger partial charge in [0.1, 0.15) is 5.75 Å². The molecular weight excluding hydrogens is 420 g/mol. The van der Waals surface area contributed by atoms with E-state index >= 15 is 0 Å². The number of ether oxygens (including phenoxy) is 2. The summed E-state index contributed by atoms with van der Waals surface area (Å²) in [5, 5.41) is 2.93. The first-order chi connectivity index (χ1) is 15.9. The molecule has 3 rings (SSSR count). The lowest BCUT2D eigenvalue weighted by Gasteiger charge is -2.28. The molecule has 1 saturated heterocycles. The molecule has 1 aliphatic heterocycles. The van der Waals surface area contributed by atoms with Crippen LogP contribution in [0.15, 0.2) is 48.5 Å². The molecule has 1 heterocycles. The highest BCUT2D eigenvalue weighted by Crippen LogP contribution is 2.41. The van der Waals surface area contributed by atoms with Crippen LogP contribution in [-0.2, 0) is 31.0 Å². The summed E-state index contributed by atoms with van der Waals surface area (Å²) in [5.41, 5.74) is 1.48. The van der Waals surface area contributed by atoms with Crippen LogP contribution >= 0.6 is 0 Å². The summed E-state index contributed by atoms with van der Waals surface area (Å²) < 4.78 is 10.3. The normalized spacial score (nSPS) is 18.0. The van der Waals surface area contributed by atoms with Crippen LogP contribution in [0.4, 0.5) is 0 Å². The zero-order valence-electron chi connectivity index (χ0n) is 19.6. The molecule has 7 heteroatoms. The van der Waals surface area contributed by atoms with Crippen LogP contribution < -0.4 is 10.1 Å². The molecule has 0 spiro atoms. The summed E-state index contributed by atoms with van der Waals surface area (Å²) in [6.07, 6.45) is 1.12. The predicted molar refractivity (Wildman–Crippen MR) is 125 cm³/mol. The van der Waals surface area contributed by atoms with Gasteiger partial charge in [-0.3, -0.25) is 19.3 Å². The molecule has 0 aliphatic carbocycles. The van der Waals surface area contributed by atoms with E-state index in [-0.39, 0.29) is 37.1 Å². The van der Waals surface area contributed by atoms with Crippen molar-refractivity contribution >= 4 is 17.7 Å². The highest BCUT2D eigenvalue weighted by molar-refractivity contribution is 6.10. The number of nitrogens with one attached hydrogen (secondary N) is 1. The Labute approximate surface area is 195 Å². The van der Waals surface area contributed by atoms with Gasteiger partial charge in [0.05, 0.1) is 12.5 Å². The number of rotatable bonds is 11. The summed E-state index contributed by atoms with van der Waals surface area (Å²) in [6, 6.07) is 15.2. The number of hydrogen-bond donors (Lipinski definition) is 1. The second-order valence-electron chi connectivity index (χ2n) is 8.40. The number of nitrogens with zero attached hydrogens (tertiary/aromatic N) is 1. The van der Waals surface area contributed by atoms with Gasteiger partial charge in [0.2, 0.25) is 17.7 Å². The van der Waals surface area contributed by atoms with E-state index in [1.165, 1.54) is 4.90 Å². The van der Waals surface area contributed by atoms with E-state index in [9.17, 15) is 14.4 Å². The summed E-state index contributed by atoms with van der Waals surface area (Å²) in [7, 11) is 3.20. The van der Waals surface area contributed by atoms with Crippen LogP contribution in [-0.4, -0.2) is 56.5 Å². The monoisotopic (exact) mass is 452 g/mol. The maximum atomic E-state index is 13.6. The highest BCUT2D eigenvalue weighted by atomic mass is 16.5. The molecule has 2 aromatic rings. The van der Waals surface area contributed by atoms with Gasteiger partial charge in [0.15, 0.2) is 0 Å². The van der Waals surface area contributed by atoms with Gasteiger partial charge in [-0.1, -0.05) is 36.4 Å². The molecule has 1 fully saturated rings. The first kappa shape index (κ1) is 24.5. The van der Waals surface area contributed by atoms with Crippen LogP contribution in [0.2, 0.25) is 0 Å². The van der Waals surface area contributed by atoms with E-state index in [2.05, 4.69) is 5.32 Å². The van der Waals surface area contributed by atoms with Crippen LogP contribution in [0.1, 0.15) is 36.0 Å². The minimum Gasteiger partial charge on any atom is -0.497 e. The van der Waals surface area contributed by atoms with Crippen LogP contribution in [0.5, 0.6) is 5.75 Å². The Morgan fingerprint density at radius 3 is 2.64 bits per heavy atom. The number of amides is 3. The van der Waals surface area contributed by atoms with Crippen molar-refractivity contribution in [1.82, 2.24) is 10.2 Å². The second-order valence-corrected chi connectivity index (χ2v) is 8.40. The lowest BCUT2D eigenvalue weighted by atomic mass is 9.74. The van der Waals surface area contributed by atoms with Crippen molar-refractivity contribution in [1.29, 1.82) is 0 Å². The van der Waals surface area contributed by atoms with E-state index in [1.807, 2.05) is 55.5 Å². The summed E-state index contributed by atoms with van der Waals surface area (Å²) in [4.78, 5) is 40.7. The molecule has 0 radical (unpaired) electrons. The number of carbonyl (C=O) groups excluding carboxylic acids is 3. The van der Waals surface area contributed by atoms with Gasteiger partial charge in [0, 0.05) is 39.6 Å². The zero-order chi connectivity index (χ0) is 23.8. The molecule has 2 aromatic carbocycles. The van der Waals surface area contributed by atoms with Crippen molar-refractivity contribution in [2.75, 3.05) is 33.9 Å². The summed E-state index contributed by atoms with van der Waals surface area (Å²) >= 11 is 0. The third-order valence-corrected chi connectivity index (χ3v) is 6.13. The molecule has 0 unspecified atom stereocenters. The van der Waals surface area contributed by atoms with Crippen molar-refractivity contribution in [3.8, 4) is 5.75 Å². The molecule has 0 saturated carbocycles. The van der Waals surface area contributed by atoms with Gasteiger partial charge >= 0.3 is 0 Å². The van der Waals surface area contributed by atoms with E-state index < -0.39 is 5.41 Å². The van der Waals surface area contributed by atoms with Crippen LogP contribution in [0.3, 0.4) is 0 Å². The zero-order valence-corrected chi connectivity index (χ0v) is 19.6. The van der Waals surface area contributed by atoms with Crippen LogP contribution in [0.25, 0.3) is 0 Å². The third kappa shape index (κ3) is 5.60. The largest absolute Gasteiger partial charge is 0.497 e. The van der Waals surface area contributed by atoms with E-state index in [0.29, 0.717) is 26.0 Å². The topological polar surface area (TPSA) is 84.9 Å². The Morgan fingerprint density at radius 1 is 1.12 bits per heavy atom. The molecule has 176 valence electrons. The molecule has 0 aromatic heterocycles. The van der Waals surface area contributed by atoms with Gasteiger partial charge in [-0.2, -0.15) is 0 Å². The fourth-order valence-corrected chi connectivity index (χ4v) is 4.46. The quantitative estimate of drug-likeness (QED) is 0.419. The lowest BCUT2D eigenvalue weighted by molar-refractivity contribution is -0.141. The van der Waals surface area contributed by atoms with Crippen molar-refractivity contribution < 1.29 is 23.9 Å². The second kappa shape index (κ2) is 11.1. The summed E-state index contributed by atoms with van der Waals surface area (Å²) in [5.74, 6) is -0.0358. The maximum Gasteiger partial charge on any atom is 0.240 e. The van der Waals surface area contributed by atoms with E-state index in [1.54, 1.807) is 14.2 Å². The van der Waals surface area contributed by atoms with Gasteiger partial charge in [-0.25, -0.2) is 0 Å². The third-order valence-electron chi connectivity index (χ3n) is 6.13. The SMILES string of the molecule is COCCCN1C(=O)C[C@](CC(=O)NCCc2cccc(OC)c2)(c2ccccc2C)C1=O. The molecular formula is C26H32N2O5. The Hall–Kier alpha value is -3.19. The van der Waals surface area contributed by atoms with E-state index in [0.717, 1.165) is 22.4 Å². The Kier molecular flexibility index (Phi) is 8.22.